The molecule has 2 bridgehead atoms. The maximum atomic E-state index is 4.64. The number of aryl methyl sites for hydroxylation is 1. The van der Waals surface area contributed by atoms with Crippen molar-refractivity contribution < 1.29 is 0 Å². The summed E-state index contributed by atoms with van der Waals surface area (Å²) in [5.74, 6) is 0.934. The van der Waals surface area contributed by atoms with E-state index in [1.165, 1.54) is 44.3 Å². The second kappa shape index (κ2) is 6.89. The van der Waals surface area contributed by atoms with Crippen molar-refractivity contribution in [3.05, 3.63) is 29.6 Å². The lowest BCUT2D eigenvalue weighted by molar-refractivity contribution is 0.218. The number of pyridine rings is 1. The highest BCUT2D eigenvalue weighted by molar-refractivity contribution is 5.09. The van der Waals surface area contributed by atoms with Crippen LogP contribution in [0.2, 0.25) is 0 Å². The molecule has 1 N–H and O–H groups in total. The molecule has 0 aromatic carbocycles. The zero-order valence-corrected chi connectivity index (χ0v) is 13.5. The number of nitrogens with zero attached hydrogens (tertiary/aromatic N) is 2. The molecule has 2 unspecified atom stereocenters. The van der Waals surface area contributed by atoms with Gasteiger partial charge in [-0.1, -0.05) is 13.0 Å². The van der Waals surface area contributed by atoms with Crippen molar-refractivity contribution in [2.24, 2.45) is 5.92 Å². The zero-order valence-electron chi connectivity index (χ0n) is 13.5. The minimum atomic E-state index is 0.822. The minimum Gasteiger partial charge on any atom is -0.311 e. The Morgan fingerprint density at radius 1 is 1.24 bits per heavy atom. The maximum absolute atomic E-state index is 4.64. The topological polar surface area (TPSA) is 28.2 Å². The molecule has 3 heterocycles. The molecular formula is C18H29N3. The summed E-state index contributed by atoms with van der Waals surface area (Å²) in [5.41, 5.74) is 2.33. The zero-order chi connectivity index (χ0) is 14.7. The molecule has 3 nitrogen and oxygen atoms in total. The van der Waals surface area contributed by atoms with Gasteiger partial charge in [0.05, 0.1) is 5.69 Å². The normalized spacial score (nSPS) is 28.2. The number of aromatic nitrogens is 1. The van der Waals surface area contributed by atoms with Gasteiger partial charge in [-0.05, 0) is 70.2 Å². The van der Waals surface area contributed by atoms with Crippen LogP contribution in [0, 0.1) is 12.8 Å². The third-order valence-electron chi connectivity index (χ3n) is 5.20. The van der Waals surface area contributed by atoms with Gasteiger partial charge in [-0.3, -0.25) is 9.88 Å². The Labute approximate surface area is 129 Å². The second-order valence-electron chi connectivity index (χ2n) is 6.90. The summed E-state index contributed by atoms with van der Waals surface area (Å²) in [6.45, 7) is 7.67. The lowest BCUT2D eigenvalue weighted by Crippen LogP contribution is -2.39. The Hall–Kier alpha value is -0.930. The van der Waals surface area contributed by atoms with Crippen molar-refractivity contribution >= 4 is 0 Å². The first-order chi connectivity index (χ1) is 10.2. The van der Waals surface area contributed by atoms with E-state index in [0.717, 1.165) is 36.8 Å². The van der Waals surface area contributed by atoms with Crippen LogP contribution in [0.5, 0.6) is 0 Å². The average molecular weight is 287 g/mol. The molecule has 0 aliphatic carbocycles. The predicted octanol–water partition coefficient (Wildman–Crippen LogP) is 3.13. The van der Waals surface area contributed by atoms with Crippen molar-refractivity contribution in [3.63, 3.8) is 0 Å². The number of piperidine rings is 1. The van der Waals surface area contributed by atoms with Crippen LogP contribution in [-0.2, 0) is 6.54 Å². The Balaban J connectivity index is 1.48. The van der Waals surface area contributed by atoms with Crippen LogP contribution in [0.25, 0.3) is 0 Å². The Bertz CT molecular complexity index is 448. The molecule has 2 fully saturated rings. The fourth-order valence-electron chi connectivity index (χ4n) is 4.04. The number of hydrogen-bond donors (Lipinski definition) is 1. The van der Waals surface area contributed by atoms with E-state index in [0.29, 0.717) is 0 Å². The highest BCUT2D eigenvalue weighted by Gasteiger charge is 2.33. The minimum absolute atomic E-state index is 0.822. The van der Waals surface area contributed by atoms with Gasteiger partial charge in [0.2, 0.25) is 0 Å². The number of hydrogen-bond acceptors (Lipinski definition) is 3. The van der Waals surface area contributed by atoms with E-state index in [-0.39, 0.29) is 0 Å². The van der Waals surface area contributed by atoms with Crippen LogP contribution in [0.3, 0.4) is 0 Å². The first kappa shape index (κ1) is 15.0. The maximum Gasteiger partial charge on any atom is 0.0547 e. The summed E-state index contributed by atoms with van der Waals surface area (Å²) < 4.78 is 0. The van der Waals surface area contributed by atoms with Crippen molar-refractivity contribution in [1.82, 2.24) is 15.2 Å². The largest absolute Gasteiger partial charge is 0.311 e. The summed E-state index contributed by atoms with van der Waals surface area (Å²) in [6, 6.07) is 7.99. The molecule has 21 heavy (non-hydrogen) atoms. The standard InChI is InChI=1S/C18H29N3/c1-3-21(13-18-6-4-5-14(2)19-18)10-9-15-11-16-7-8-17(12-15)20-16/h4-6,15-17,20H,3,7-13H2,1-2H3. The molecular weight excluding hydrogens is 258 g/mol. The fraction of sp³-hybridized carbons (Fsp3) is 0.722. The molecule has 116 valence electrons. The highest BCUT2D eigenvalue weighted by Crippen LogP contribution is 2.32. The van der Waals surface area contributed by atoms with E-state index >= 15 is 0 Å². The van der Waals surface area contributed by atoms with Gasteiger partial charge in [0.15, 0.2) is 0 Å². The summed E-state index contributed by atoms with van der Waals surface area (Å²) in [7, 11) is 0. The van der Waals surface area contributed by atoms with Gasteiger partial charge in [0, 0.05) is 24.3 Å². The van der Waals surface area contributed by atoms with E-state index in [1.807, 2.05) is 0 Å². The number of rotatable bonds is 6. The van der Waals surface area contributed by atoms with E-state index < -0.39 is 0 Å². The smallest absolute Gasteiger partial charge is 0.0547 e. The Morgan fingerprint density at radius 2 is 2.00 bits per heavy atom. The lowest BCUT2D eigenvalue weighted by Gasteiger charge is -2.31. The van der Waals surface area contributed by atoms with Crippen LogP contribution in [0.4, 0.5) is 0 Å². The Kier molecular flexibility index (Phi) is 4.91. The average Bonchev–Trinajstić information content (AvgIpc) is 2.82. The van der Waals surface area contributed by atoms with Gasteiger partial charge < -0.3 is 5.32 Å². The monoisotopic (exact) mass is 287 g/mol. The molecule has 0 radical (unpaired) electrons. The third kappa shape index (κ3) is 4.04. The van der Waals surface area contributed by atoms with E-state index in [4.69, 9.17) is 0 Å². The van der Waals surface area contributed by atoms with Crippen molar-refractivity contribution in [1.29, 1.82) is 0 Å². The first-order valence-corrected chi connectivity index (χ1v) is 8.64. The highest BCUT2D eigenvalue weighted by atomic mass is 15.1. The fourth-order valence-corrected chi connectivity index (χ4v) is 4.04. The molecule has 1 aromatic heterocycles. The van der Waals surface area contributed by atoms with Crippen molar-refractivity contribution in [3.8, 4) is 0 Å². The van der Waals surface area contributed by atoms with Gasteiger partial charge in [-0.15, -0.1) is 0 Å². The molecule has 2 atom stereocenters. The summed E-state index contributed by atoms with van der Waals surface area (Å²) in [4.78, 5) is 7.19. The van der Waals surface area contributed by atoms with Gasteiger partial charge in [-0.25, -0.2) is 0 Å². The second-order valence-corrected chi connectivity index (χ2v) is 6.90. The molecule has 3 heteroatoms. The van der Waals surface area contributed by atoms with Crippen molar-refractivity contribution in [2.75, 3.05) is 13.1 Å². The summed E-state index contributed by atoms with van der Waals surface area (Å²) >= 11 is 0. The molecule has 2 aliphatic heterocycles. The van der Waals surface area contributed by atoms with Crippen LogP contribution in [0.1, 0.15) is 50.4 Å². The van der Waals surface area contributed by atoms with Gasteiger partial charge in [-0.2, -0.15) is 0 Å². The number of nitrogens with one attached hydrogen (secondary N) is 1. The van der Waals surface area contributed by atoms with Gasteiger partial charge >= 0.3 is 0 Å². The van der Waals surface area contributed by atoms with E-state index in [9.17, 15) is 0 Å². The van der Waals surface area contributed by atoms with Crippen LogP contribution >= 0.6 is 0 Å². The molecule has 1 aromatic rings. The Morgan fingerprint density at radius 3 is 2.67 bits per heavy atom. The van der Waals surface area contributed by atoms with Crippen molar-refractivity contribution in [2.45, 2.75) is 64.6 Å². The molecule has 3 rings (SSSR count). The third-order valence-corrected chi connectivity index (χ3v) is 5.20. The summed E-state index contributed by atoms with van der Waals surface area (Å²) in [5, 5.41) is 3.74. The van der Waals surface area contributed by atoms with Gasteiger partial charge in [0.1, 0.15) is 0 Å². The molecule has 0 amide bonds. The molecule has 2 aliphatic rings. The molecule has 2 saturated heterocycles. The van der Waals surface area contributed by atoms with Crippen LogP contribution < -0.4 is 5.32 Å². The van der Waals surface area contributed by atoms with Crippen LogP contribution in [0.15, 0.2) is 18.2 Å². The van der Waals surface area contributed by atoms with E-state index in [1.54, 1.807) is 0 Å². The quantitative estimate of drug-likeness (QED) is 0.871. The lowest BCUT2D eigenvalue weighted by atomic mass is 9.89. The van der Waals surface area contributed by atoms with Gasteiger partial charge in [0.25, 0.3) is 0 Å². The number of fused-ring (bicyclic) bond motifs is 2. The van der Waals surface area contributed by atoms with E-state index in [2.05, 4.69) is 47.2 Å². The van der Waals surface area contributed by atoms with Crippen LogP contribution in [-0.4, -0.2) is 35.1 Å². The first-order valence-electron chi connectivity index (χ1n) is 8.64. The molecule has 0 saturated carbocycles. The summed E-state index contributed by atoms with van der Waals surface area (Å²) in [6.07, 6.45) is 6.97. The molecule has 0 spiro atoms. The SMILES string of the molecule is CCN(CCC1CC2CCC(C1)N2)Cc1cccc(C)n1. The predicted molar refractivity (Wildman–Crippen MR) is 87.2 cm³/mol.